The minimum atomic E-state index is -5.71. The maximum atomic E-state index is 13.7. The molecule has 3 aliphatic rings. The summed E-state index contributed by atoms with van der Waals surface area (Å²) in [6.07, 6.45) is -1.49. The number of hydrogen-bond donors (Lipinski definition) is 0. The van der Waals surface area contributed by atoms with Gasteiger partial charge in [0.15, 0.2) is 0 Å². The molecule has 2 aliphatic carbocycles. The minimum Gasteiger partial charge on any atom is -0.463 e. The Morgan fingerprint density at radius 2 is 1.38 bits per heavy atom. The standard InChI is InChI=1S/C26H28F3NO3S/c1-24(2,3)19-15-20(25(4,5)6)18-14-16(10-9-11-17(18)19)23-30(34(31,32)26(27,28)29)21-12-7-8-13-22(21)33-23/h7-15,23H,1-6H3. The highest BCUT2D eigenvalue weighted by atomic mass is 32.2. The molecule has 0 aromatic heterocycles. The number of benzene rings is 1. The smallest absolute Gasteiger partial charge is 0.463 e. The maximum Gasteiger partial charge on any atom is 0.516 e. The molecule has 0 saturated heterocycles. The summed E-state index contributed by atoms with van der Waals surface area (Å²) in [4.78, 5) is 0. The molecule has 4 rings (SSSR count). The van der Waals surface area contributed by atoms with Crippen molar-refractivity contribution in [1.29, 1.82) is 0 Å². The summed E-state index contributed by atoms with van der Waals surface area (Å²) < 4.78 is 72.4. The zero-order chi connectivity index (χ0) is 25.3. The summed E-state index contributed by atoms with van der Waals surface area (Å²) in [7, 11) is -5.71. The molecule has 8 heteroatoms. The summed E-state index contributed by atoms with van der Waals surface area (Å²) in [6, 6.07) is 15.1. The van der Waals surface area contributed by atoms with E-state index in [-0.39, 0.29) is 22.3 Å². The number of ether oxygens (including phenoxy) is 1. The number of rotatable bonds is 2. The van der Waals surface area contributed by atoms with Crippen LogP contribution in [-0.4, -0.2) is 13.9 Å². The quantitative estimate of drug-likeness (QED) is 0.383. The van der Waals surface area contributed by atoms with Crippen molar-refractivity contribution in [3.05, 3.63) is 71.3 Å². The van der Waals surface area contributed by atoms with Crippen LogP contribution < -0.4 is 9.04 Å². The lowest BCUT2D eigenvalue weighted by Gasteiger charge is -2.26. The summed E-state index contributed by atoms with van der Waals surface area (Å²) >= 11 is 0. The number of hydrogen-bond acceptors (Lipinski definition) is 3. The second-order valence-electron chi connectivity index (χ2n) is 10.7. The van der Waals surface area contributed by atoms with E-state index in [0.29, 0.717) is 9.87 Å². The van der Waals surface area contributed by atoms with Gasteiger partial charge in [-0.1, -0.05) is 77.9 Å². The zero-order valence-corrected chi connectivity index (χ0v) is 20.8. The molecule has 4 nitrogen and oxygen atoms in total. The highest BCUT2D eigenvalue weighted by Crippen LogP contribution is 2.49. The lowest BCUT2D eigenvalue weighted by Crippen LogP contribution is -2.42. The van der Waals surface area contributed by atoms with Gasteiger partial charge in [-0.15, -0.1) is 0 Å². The van der Waals surface area contributed by atoms with E-state index in [4.69, 9.17) is 4.74 Å². The van der Waals surface area contributed by atoms with Crippen LogP contribution in [-0.2, 0) is 20.9 Å². The predicted octanol–water partition coefficient (Wildman–Crippen LogP) is 7.13. The number of fused-ring (bicyclic) bond motifs is 2. The van der Waals surface area contributed by atoms with Gasteiger partial charge in [0.1, 0.15) is 5.75 Å². The SMILES string of the molecule is CC(C)(C)c1cc(C(C)(C)C)c2cc(C3Oc4ccccc4N3S(=O)(=O)C(F)(F)F)cccc1-2. The molecule has 34 heavy (non-hydrogen) atoms. The summed E-state index contributed by atoms with van der Waals surface area (Å²) in [5.74, 6) is 0.0806. The molecule has 1 heterocycles. The normalized spacial score (nSPS) is 17.1. The fourth-order valence-electron chi connectivity index (χ4n) is 4.39. The number of sulfonamides is 1. The summed E-state index contributed by atoms with van der Waals surface area (Å²) in [5.41, 5.74) is -1.72. The lowest BCUT2D eigenvalue weighted by atomic mass is 9.85. The van der Waals surface area contributed by atoms with Crippen molar-refractivity contribution < 1.29 is 26.3 Å². The van der Waals surface area contributed by atoms with Gasteiger partial charge in [0.05, 0.1) is 5.69 Å². The average molecular weight is 492 g/mol. The van der Waals surface area contributed by atoms with Gasteiger partial charge in [-0.2, -0.15) is 21.6 Å². The third-order valence-corrected chi connectivity index (χ3v) is 7.52. The van der Waals surface area contributed by atoms with E-state index in [1.165, 1.54) is 18.2 Å². The van der Waals surface area contributed by atoms with Gasteiger partial charge in [0.25, 0.3) is 0 Å². The Hall–Kier alpha value is -2.74. The third-order valence-electron chi connectivity index (χ3n) is 6.03. The molecule has 1 aromatic rings. The van der Waals surface area contributed by atoms with E-state index in [2.05, 4.69) is 47.6 Å². The number of alkyl halides is 3. The molecule has 1 atom stereocenters. The first kappa shape index (κ1) is 24.4. The van der Waals surface area contributed by atoms with Crippen LogP contribution >= 0.6 is 0 Å². The second kappa shape index (κ2) is 7.63. The number of anilines is 1. The van der Waals surface area contributed by atoms with E-state index >= 15 is 0 Å². The van der Waals surface area contributed by atoms with Gasteiger partial charge in [0.2, 0.25) is 6.23 Å². The first-order chi connectivity index (χ1) is 15.5. The monoisotopic (exact) mass is 491 g/mol. The average Bonchev–Trinajstić information content (AvgIpc) is 3.19. The molecule has 182 valence electrons. The maximum absolute atomic E-state index is 13.7. The van der Waals surface area contributed by atoms with Crippen molar-refractivity contribution >= 4 is 15.7 Å². The van der Waals surface area contributed by atoms with Crippen molar-refractivity contribution in [1.82, 2.24) is 0 Å². The Labute approximate surface area is 198 Å². The number of halogens is 3. The Morgan fingerprint density at radius 3 is 1.97 bits per heavy atom. The van der Waals surface area contributed by atoms with Crippen LogP contribution in [0, 0.1) is 0 Å². The van der Waals surface area contributed by atoms with E-state index in [9.17, 15) is 21.6 Å². The van der Waals surface area contributed by atoms with Crippen LogP contribution in [0.15, 0.2) is 54.6 Å². The van der Waals surface area contributed by atoms with Crippen molar-refractivity contribution in [3.8, 4) is 16.9 Å². The molecule has 0 spiro atoms. The van der Waals surface area contributed by atoms with Crippen molar-refractivity contribution in [2.75, 3.05) is 4.31 Å². The van der Waals surface area contributed by atoms with Crippen LogP contribution in [0.5, 0.6) is 5.75 Å². The van der Waals surface area contributed by atoms with Crippen LogP contribution in [0.25, 0.3) is 11.1 Å². The van der Waals surface area contributed by atoms with E-state index in [0.717, 1.165) is 22.3 Å². The number of nitrogens with zero attached hydrogens (tertiary/aromatic N) is 1. The van der Waals surface area contributed by atoms with Gasteiger partial charge < -0.3 is 4.74 Å². The van der Waals surface area contributed by atoms with E-state index in [1.807, 2.05) is 6.07 Å². The van der Waals surface area contributed by atoms with Gasteiger partial charge in [-0.25, -0.2) is 4.31 Å². The molecule has 0 saturated carbocycles. The first-order valence-corrected chi connectivity index (χ1v) is 12.4. The summed E-state index contributed by atoms with van der Waals surface area (Å²) in [6.45, 7) is 12.5. The topological polar surface area (TPSA) is 46.6 Å². The Bertz CT molecular complexity index is 1320. The molecule has 0 bridgehead atoms. The van der Waals surface area contributed by atoms with Gasteiger partial charge in [0, 0.05) is 5.56 Å². The first-order valence-electron chi connectivity index (χ1n) is 11.0. The molecule has 0 amide bonds. The fourth-order valence-corrected chi connectivity index (χ4v) is 5.44. The second-order valence-corrected chi connectivity index (χ2v) is 12.5. The number of para-hydroxylation sites is 2. The van der Waals surface area contributed by atoms with E-state index in [1.54, 1.807) is 24.3 Å². The van der Waals surface area contributed by atoms with E-state index < -0.39 is 21.8 Å². The van der Waals surface area contributed by atoms with Crippen LogP contribution in [0.1, 0.15) is 64.5 Å². The van der Waals surface area contributed by atoms with Gasteiger partial charge in [-0.3, -0.25) is 0 Å². The Kier molecular flexibility index (Phi) is 5.47. The van der Waals surface area contributed by atoms with Crippen molar-refractivity contribution in [2.45, 2.75) is 64.1 Å². The zero-order valence-electron chi connectivity index (χ0n) is 20.0. The molecular formula is C26H28F3NO3S. The Balaban J connectivity index is 1.96. The Morgan fingerprint density at radius 1 is 0.794 bits per heavy atom. The van der Waals surface area contributed by atoms with Crippen molar-refractivity contribution in [3.63, 3.8) is 0 Å². The molecule has 1 unspecified atom stereocenters. The largest absolute Gasteiger partial charge is 0.516 e. The third kappa shape index (κ3) is 3.91. The lowest BCUT2D eigenvalue weighted by molar-refractivity contribution is -0.0444. The summed E-state index contributed by atoms with van der Waals surface area (Å²) in [5, 5.41) is 0. The molecule has 0 N–H and O–H groups in total. The van der Waals surface area contributed by atoms with Crippen LogP contribution in [0.3, 0.4) is 0 Å². The molecule has 0 radical (unpaired) electrons. The van der Waals surface area contributed by atoms with Crippen LogP contribution in [0.4, 0.5) is 18.9 Å². The predicted molar refractivity (Wildman–Crippen MR) is 128 cm³/mol. The molecule has 1 aliphatic heterocycles. The van der Waals surface area contributed by atoms with Gasteiger partial charge in [-0.05, 0) is 51.3 Å². The highest BCUT2D eigenvalue weighted by Gasteiger charge is 2.55. The molecule has 0 fully saturated rings. The molecule has 1 aromatic carbocycles. The highest BCUT2D eigenvalue weighted by molar-refractivity contribution is 7.93. The minimum absolute atomic E-state index is 0.0806. The molecular weight excluding hydrogens is 463 g/mol. The van der Waals surface area contributed by atoms with Crippen LogP contribution in [0.2, 0.25) is 0 Å². The van der Waals surface area contributed by atoms with Gasteiger partial charge >= 0.3 is 15.5 Å². The van der Waals surface area contributed by atoms with Crippen molar-refractivity contribution in [2.24, 2.45) is 0 Å². The fraction of sp³-hybridized carbons (Fsp3) is 0.385.